The zero-order valence-corrected chi connectivity index (χ0v) is 17.8. The van der Waals surface area contributed by atoms with E-state index in [1.807, 2.05) is 37.3 Å². The number of benzene rings is 2. The Morgan fingerprint density at radius 3 is 2.31 bits per heavy atom. The van der Waals surface area contributed by atoms with E-state index in [4.69, 9.17) is 4.74 Å². The molecule has 6 nitrogen and oxygen atoms in total. The molecule has 0 spiro atoms. The molecule has 7 heteroatoms. The lowest BCUT2D eigenvalue weighted by Crippen LogP contribution is -2.44. The average Bonchev–Trinajstić information content (AvgIpc) is 2.74. The van der Waals surface area contributed by atoms with Crippen LogP contribution in [0.5, 0.6) is 5.75 Å². The molecule has 2 aromatic carbocycles. The van der Waals surface area contributed by atoms with Crippen molar-refractivity contribution in [1.29, 1.82) is 0 Å². The number of ether oxygens (including phenoxy) is 1. The highest BCUT2D eigenvalue weighted by atomic mass is 32.2. The maximum absolute atomic E-state index is 12.8. The lowest BCUT2D eigenvalue weighted by atomic mass is 9.97. The van der Waals surface area contributed by atoms with Crippen LogP contribution in [0.4, 0.5) is 0 Å². The molecule has 0 aliphatic carbocycles. The molecule has 2 aromatic rings. The van der Waals surface area contributed by atoms with Gasteiger partial charge in [0, 0.05) is 26.1 Å². The number of hydrogen-bond donors (Lipinski definition) is 0. The van der Waals surface area contributed by atoms with E-state index in [0.717, 1.165) is 11.3 Å². The van der Waals surface area contributed by atoms with Gasteiger partial charge in [0.1, 0.15) is 12.4 Å². The molecule has 1 saturated heterocycles. The number of piperidine rings is 1. The van der Waals surface area contributed by atoms with Crippen LogP contribution >= 0.6 is 0 Å². The summed E-state index contributed by atoms with van der Waals surface area (Å²) in [7, 11) is -1.73. The van der Waals surface area contributed by atoms with Crippen LogP contribution in [0, 0.1) is 12.8 Å². The smallest absolute Gasteiger partial charge is 0.243 e. The van der Waals surface area contributed by atoms with Crippen LogP contribution in [0.2, 0.25) is 0 Å². The molecule has 1 fully saturated rings. The lowest BCUT2D eigenvalue weighted by Gasteiger charge is -2.32. The van der Waals surface area contributed by atoms with E-state index in [1.165, 1.54) is 4.31 Å². The molecule has 156 valence electrons. The predicted molar refractivity (Wildman–Crippen MR) is 112 cm³/mol. The van der Waals surface area contributed by atoms with Crippen molar-refractivity contribution in [3.63, 3.8) is 0 Å². The van der Waals surface area contributed by atoms with Gasteiger partial charge >= 0.3 is 0 Å². The number of nitrogens with zero attached hydrogens (tertiary/aromatic N) is 2. The van der Waals surface area contributed by atoms with Gasteiger partial charge in [0.15, 0.2) is 0 Å². The molecule has 0 atom stereocenters. The Labute approximate surface area is 173 Å². The van der Waals surface area contributed by atoms with Gasteiger partial charge in [-0.3, -0.25) is 4.79 Å². The summed E-state index contributed by atoms with van der Waals surface area (Å²) < 4.78 is 32.7. The third-order valence-corrected chi connectivity index (χ3v) is 7.19. The second-order valence-corrected chi connectivity index (χ2v) is 9.35. The normalized spacial score (nSPS) is 15.8. The number of sulfonamides is 1. The summed E-state index contributed by atoms with van der Waals surface area (Å²) in [5.74, 6) is 0.679. The SMILES string of the molecule is Cc1ccc(S(=O)(=O)N2CCC(C(=O)N(C)CCOc3ccccc3)CC2)cc1. The molecule has 1 aliphatic rings. The second-order valence-electron chi connectivity index (χ2n) is 7.41. The van der Waals surface area contributed by atoms with Crippen LogP contribution in [-0.4, -0.2) is 56.8 Å². The number of amides is 1. The number of likely N-dealkylation sites (N-methyl/N-ethyl adjacent to an activating group) is 1. The fourth-order valence-electron chi connectivity index (χ4n) is 3.44. The van der Waals surface area contributed by atoms with Crippen molar-refractivity contribution in [1.82, 2.24) is 9.21 Å². The molecule has 0 aromatic heterocycles. The first-order valence-corrected chi connectivity index (χ1v) is 11.3. The van der Waals surface area contributed by atoms with Crippen LogP contribution in [0.3, 0.4) is 0 Å². The quantitative estimate of drug-likeness (QED) is 0.696. The van der Waals surface area contributed by atoms with Gasteiger partial charge in [-0.05, 0) is 44.0 Å². The zero-order valence-electron chi connectivity index (χ0n) is 17.0. The Morgan fingerprint density at radius 2 is 1.69 bits per heavy atom. The summed E-state index contributed by atoms with van der Waals surface area (Å²) in [6.45, 7) is 3.57. The maximum atomic E-state index is 12.8. The Morgan fingerprint density at radius 1 is 1.07 bits per heavy atom. The van der Waals surface area contributed by atoms with E-state index in [1.54, 1.807) is 36.2 Å². The van der Waals surface area contributed by atoms with Crippen molar-refractivity contribution in [2.75, 3.05) is 33.3 Å². The van der Waals surface area contributed by atoms with Gasteiger partial charge in [-0.15, -0.1) is 0 Å². The first-order chi connectivity index (χ1) is 13.9. The summed E-state index contributed by atoms with van der Waals surface area (Å²) >= 11 is 0. The molecule has 0 radical (unpaired) electrons. The number of carbonyl (C=O) groups is 1. The van der Waals surface area contributed by atoms with Gasteiger partial charge < -0.3 is 9.64 Å². The number of para-hydroxylation sites is 1. The Bertz CT molecular complexity index is 906. The minimum absolute atomic E-state index is 0.0500. The van der Waals surface area contributed by atoms with Crippen LogP contribution in [0.25, 0.3) is 0 Å². The monoisotopic (exact) mass is 416 g/mol. The highest BCUT2D eigenvalue weighted by molar-refractivity contribution is 7.89. The molecule has 1 heterocycles. The van der Waals surface area contributed by atoms with Gasteiger partial charge in [-0.25, -0.2) is 8.42 Å². The molecule has 0 N–H and O–H groups in total. The van der Waals surface area contributed by atoms with E-state index in [2.05, 4.69) is 0 Å². The molecular weight excluding hydrogens is 388 g/mol. The van der Waals surface area contributed by atoms with Crippen molar-refractivity contribution in [2.45, 2.75) is 24.7 Å². The van der Waals surface area contributed by atoms with Crippen LogP contribution in [0.15, 0.2) is 59.5 Å². The predicted octanol–water partition coefficient (Wildman–Crippen LogP) is 2.93. The number of aryl methyl sites for hydroxylation is 1. The Balaban J connectivity index is 1.49. The largest absolute Gasteiger partial charge is 0.492 e. The summed E-state index contributed by atoms with van der Waals surface area (Å²) in [6, 6.07) is 16.4. The summed E-state index contributed by atoms with van der Waals surface area (Å²) in [5.41, 5.74) is 1.02. The highest BCUT2D eigenvalue weighted by Gasteiger charge is 2.33. The van der Waals surface area contributed by atoms with Gasteiger partial charge in [0.2, 0.25) is 15.9 Å². The third-order valence-electron chi connectivity index (χ3n) is 5.28. The standard InChI is InChI=1S/C22H28N2O4S/c1-18-8-10-21(11-9-18)29(26,27)24-14-12-19(13-15-24)22(25)23(2)16-17-28-20-6-4-3-5-7-20/h3-11,19H,12-17H2,1-2H3. The minimum Gasteiger partial charge on any atom is -0.492 e. The molecule has 1 aliphatic heterocycles. The van der Waals surface area contributed by atoms with Gasteiger partial charge in [-0.1, -0.05) is 35.9 Å². The summed E-state index contributed by atoms with van der Waals surface area (Å²) in [4.78, 5) is 14.7. The van der Waals surface area contributed by atoms with E-state index in [9.17, 15) is 13.2 Å². The molecule has 1 amide bonds. The topological polar surface area (TPSA) is 66.9 Å². The average molecular weight is 417 g/mol. The van der Waals surface area contributed by atoms with Gasteiger partial charge in [0.05, 0.1) is 11.4 Å². The van der Waals surface area contributed by atoms with Crippen molar-refractivity contribution in [3.05, 3.63) is 60.2 Å². The molecule has 3 rings (SSSR count). The molecule has 0 bridgehead atoms. The fraction of sp³-hybridized carbons (Fsp3) is 0.409. The molecule has 0 unspecified atom stereocenters. The zero-order chi connectivity index (χ0) is 20.9. The lowest BCUT2D eigenvalue weighted by molar-refractivity contribution is -0.135. The van der Waals surface area contributed by atoms with Crippen molar-refractivity contribution < 1.29 is 17.9 Å². The Hall–Kier alpha value is -2.38. The van der Waals surface area contributed by atoms with Crippen LogP contribution in [-0.2, 0) is 14.8 Å². The fourth-order valence-corrected chi connectivity index (χ4v) is 4.91. The Kier molecular flexibility index (Phi) is 6.92. The van der Waals surface area contributed by atoms with Gasteiger partial charge in [-0.2, -0.15) is 4.31 Å². The van der Waals surface area contributed by atoms with E-state index >= 15 is 0 Å². The third kappa shape index (κ3) is 5.36. The minimum atomic E-state index is -3.50. The van der Waals surface area contributed by atoms with E-state index in [0.29, 0.717) is 44.0 Å². The van der Waals surface area contributed by atoms with Crippen molar-refractivity contribution in [2.24, 2.45) is 5.92 Å². The summed E-state index contributed by atoms with van der Waals surface area (Å²) in [5, 5.41) is 0. The first-order valence-electron chi connectivity index (χ1n) is 9.87. The number of hydrogen-bond acceptors (Lipinski definition) is 4. The molecular formula is C22H28N2O4S. The highest BCUT2D eigenvalue weighted by Crippen LogP contribution is 2.25. The van der Waals surface area contributed by atoms with Crippen molar-refractivity contribution in [3.8, 4) is 5.75 Å². The van der Waals surface area contributed by atoms with Crippen LogP contribution in [0.1, 0.15) is 18.4 Å². The van der Waals surface area contributed by atoms with Crippen molar-refractivity contribution >= 4 is 15.9 Å². The van der Waals surface area contributed by atoms with E-state index in [-0.39, 0.29) is 11.8 Å². The maximum Gasteiger partial charge on any atom is 0.243 e. The number of carbonyl (C=O) groups excluding carboxylic acids is 1. The van der Waals surface area contributed by atoms with Gasteiger partial charge in [0.25, 0.3) is 0 Å². The van der Waals surface area contributed by atoms with Crippen LogP contribution < -0.4 is 4.74 Å². The first kappa shape index (κ1) is 21.3. The number of rotatable bonds is 7. The second kappa shape index (κ2) is 9.41. The summed E-state index contributed by atoms with van der Waals surface area (Å²) in [6.07, 6.45) is 1.07. The van der Waals surface area contributed by atoms with E-state index < -0.39 is 10.0 Å². The molecule has 29 heavy (non-hydrogen) atoms. The molecule has 0 saturated carbocycles.